The molecule has 1 aromatic heterocycles. The van der Waals surface area contributed by atoms with Crippen molar-refractivity contribution in [2.24, 2.45) is 0 Å². The number of sulfonamides is 1. The van der Waals surface area contributed by atoms with Crippen LogP contribution in [-0.4, -0.2) is 29.9 Å². The van der Waals surface area contributed by atoms with Crippen molar-refractivity contribution < 1.29 is 17.7 Å². The molecule has 21 heavy (non-hydrogen) atoms. The molecule has 0 spiro atoms. The van der Waals surface area contributed by atoms with E-state index in [1.54, 1.807) is 6.20 Å². The number of benzene rings is 1. The van der Waals surface area contributed by atoms with E-state index in [1.807, 2.05) is 0 Å². The number of hydrogen-bond donors (Lipinski definition) is 2. The Kier molecular flexibility index (Phi) is 4.29. The molecule has 0 aliphatic heterocycles. The van der Waals surface area contributed by atoms with Crippen LogP contribution in [0, 0.1) is 15.9 Å². The van der Waals surface area contributed by atoms with E-state index in [0.717, 1.165) is 12.1 Å². The third-order valence-corrected chi connectivity index (χ3v) is 4.09. The van der Waals surface area contributed by atoms with Crippen LogP contribution in [0.25, 0.3) is 0 Å². The fourth-order valence-corrected chi connectivity index (χ4v) is 2.67. The van der Waals surface area contributed by atoms with Crippen LogP contribution in [0.1, 0.15) is 5.82 Å². The molecule has 0 saturated heterocycles. The summed E-state index contributed by atoms with van der Waals surface area (Å²) in [5, 5.41) is 10.6. The minimum atomic E-state index is -3.95. The van der Waals surface area contributed by atoms with Gasteiger partial charge in [0.1, 0.15) is 5.82 Å². The van der Waals surface area contributed by atoms with Crippen molar-refractivity contribution in [1.29, 1.82) is 0 Å². The Hall–Kier alpha value is -2.33. The number of H-pyrrole nitrogens is 1. The summed E-state index contributed by atoms with van der Waals surface area (Å²) in [5.74, 6) is -0.489. The lowest BCUT2D eigenvalue weighted by Crippen LogP contribution is -2.26. The monoisotopic (exact) mass is 314 g/mol. The summed E-state index contributed by atoms with van der Waals surface area (Å²) < 4.78 is 39.4. The summed E-state index contributed by atoms with van der Waals surface area (Å²) in [6.07, 6.45) is 3.47. The molecule has 0 bridgehead atoms. The highest BCUT2D eigenvalue weighted by atomic mass is 32.2. The maximum absolute atomic E-state index is 13.2. The molecule has 2 N–H and O–H groups in total. The van der Waals surface area contributed by atoms with E-state index < -0.39 is 26.5 Å². The summed E-state index contributed by atoms with van der Waals surface area (Å²) in [5.41, 5.74) is -0.885. The fraction of sp³-hybridized carbons (Fsp3) is 0.182. The molecule has 8 nitrogen and oxygen atoms in total. The van der Waals surface area contributed by atoms with Crippen LogP contribution in [0.4, 0.5) is 10.1 Å². The first-order valence-electron chi connectivity index (χ1n) is 5.82. The highest BCUT2D eigenvalue weighted by molar-refractivity contribution is 7.89. The molecule has 0 saturated carbocycles. The number of hydrogen-bond acceptors (Lipinski definition) is 5. The second-order valence-electron chi connectivity index (χ2n) is 4.05. The van der Waals surface area contributed by atoms with Crippen LogP contribution in [-0.2, 0) is 16.4 Å². The fourth-order valence-electron chi connectivity index (χ4n) is 1.62. The van der Waals surface area contributed by atoms with Gasteiger partial charge in [0.05, 0.1) is 9.82 Å². The lowest BCUT2D eigenvalue weighted by atomic mass is 10.3. The largest absolute Gasteiger partial charge is 0.349 e. The second-order valence-corrected chi connectivity index (χ2v) is 5.82. The molecule has 0 unspecified atom stereocenters. The van der Waals surface area contributed by atoms with Crippen molar-refractivity contribution in [3.8, 4) is 0 Å². The van der Waals surface area contributed by atoms with Crippen LogP contribution >= 0.6 is 0 Å². The van der Waals surface area contributed by atoms with Gasteiger partial charge in [-0.3, -0.25) is 10.1 Å². The summed E-state index contributed by atoms with van der Waals surface area (Å²) in [4.78, 5) is 16.0. The van der Waals surface area contributed by atoms with Crippen molar-refractivity contribution >= 4 is 15.7 Å². The Bertz CT molecular complexity index is 746. The first kappa shape index (κ1) is 15.1. The lowest BCUT2D eigenvalue weighted by molar-refractivity contribution is -0.387. The van der Waals surface area contributed by atoms with Gasteiger partial charge in [-0.05, 0) is 12.1 Å². The SMILES string of the molecule is O=[N+]([O-])c1cc(S(=O)(=O)NCCc2ncc[nH]2)ccc1F. The Morgan fingerprint density at radius 2 is 2.19 bits per heavy atom. The summed E-state index contributed by atoms with van der Waals surface area (Å²) in [7, 11) is -3.95. The number of nitro benzene ring substituents is 1. The first-order chi connectivity index (χ1) is 9.90. The van der Waals surface area contributed by atoms with Gasteiger partial charge >= 0.3 is 5.69 Å². The first-order valence-corrected chi connectivity index (χ1v) is 7.30. The van der Waals surface area contributed by atoms with Crippen molar-refractivity contribution in [3.05, 3.63) is 52.3 Å². The van der Waals surface area contributed by atoms with Crippen molar-refractivity contribution in [2.45, 2.75) is 11.3 Å². The van der Waals surface area contributed by atoms with Crippen LogP contribution in [0.5, 0.6) is 0 Å². The van der Waals surface area contributed by atoms with Crippen LogP contribution in [0.2, 0.25) is 0 Å². The highest BCUT2D eigenvalue weighted by Crippen LogP contribution is 2.21. The van der Waals surface area contributed by atoms with E-state index in [2.05, 4.69) is 14.7 Å². The predicted octanol–water partition coefficient (Wildman–Crippen LogP) is 0.978. The number of aromatic nitrogens is 2. The van der Waals surface area contributed by atoms with Gasteiger partial charge in [0.25, 0.3) is 0 Å². The normalized spacial score (nSPS) is 11.5. The molecule has 0 atom stereocenters. The van der Waals surface area contributed by atoms with Gasteiger partial charge in [-0.15, -0.1) is 0 Å². The quantitative estimate of drug-likeness (QED) is 0.608. The predicted molar refractivity (Wildman–Crippen MR) is 70.5 cm³/mol. The van der Waals surface area contributed by atoms with Crippen molar-refractivity contribution in [1.82, 2.24) is 14.7 Å². The van der Waals surface area contributed by atoms with Crippen LogP contribution < -0.4 is 4.72 Å². The number of nitro groups is 1. The van der Waals surface area contributed by atoms with Crippen molar-refractivity contribution in [2.75, 3.05) is 6.54 Å². The van der Waals surface area contributed by atoms with E-state index in [9.17, 15) is 22.9 Å². The topological polar surface area (TPSA) is 118 Å². The average molecular weight is 314 g/mol. The van der Waals surface area contributed by atoms with Crippen LogP contribution in [0.15, 0.2) is 35.5 Å². The van der Waals surface area contributed by atoms with Crippen LogP contribution in [0.3, 0.4) is 0 Å². The molecule has 1 heterocycles. The van der Waals surface area contributed by atoms with E-state index in [1.165, 1.54) is 6.20 Å². The van der Waals surface area contributed by atoms with Gasteiger partial charge in [0, 0.05) is 31.4 Å². The smallest absolute Gasteiger partial charge is 0.306 e. The Balaban J connectivity index is 2.12. The summed E-state index contributed by atoms with van der Waals surface area (Å²) >= 11 is 0. The Morgan fingerprint density at radius 1 is 1.43 bits per heavy atom. The molecule has 1 aromatic carbocycles. The minimum Gasteiger partial charge on any atom is -0.349 e. The molecule has 2 aromatic rings. The molecule has 0 aliphatic rings. The standard InChI is InChI=1S/C11H11FN4O4S/c12-9-2-1-8(7-10(9)16(17)18)21(19,20)15-4-3-11-13-5-6-14-11/h1-2,5-7,15H,3-4H2,(H,13,14). The zero-order valence-electron chi connectivity index (χ0n) is 10.6. The van der Waals surface area contributed by atoms with E-state index in [4.69, 9.17) is 0 Å². The molecule has 0 amide bonds. The minimum absolute atomic E-state index is 0.0566. The van der Waals surface area contributed by atoms with E-state index in [0.29, 0.717) is 18.3 Å². The third kappa shape index (κ3) is 3.61. The molecular formula is C11H11FN4O4S. The molecule has 0 aliphatic carbocycles. The Morgan fingerprint density at radius 3 is 2.81 bits per heavy atom. The lowest BCUT2D eigenvalue weighted by Gasteiger charge is -2.06. The van der Waals surface area contributed by atoms with Gasteiger partial charge < -0.3 is 4.98 Å². The average Bonchev–Trinajstić information content (AvgIpc) is 2.91. The van der Waals surface area contributed by atoms with Gasteiger partial charge in [-0.1, -0.05) is 0 Å². The van der Waals surface area contributed by atoms with Gasteiger partial charge in [0.2, 0.25) is 15.8 Å². The zero-order chi connectivity index (χ0) is 15.5. The molecule has 10 heteroatoms. The molecule has 0 fully saturated rings. The number of imidazole rings is 1. The maximum atomic E-state index is 13.2. The second kappa shape index (κ2) is 5.97. The molecule has 0 radical (unpaired) electrons. The summed E-state index contributed by atoms with van der Waals surface area (Å²) in [6, 6.07) is 2.40. The van der Waals surface area contributed by atoms with Gasteiger partial charge in [0.15, 0.2) is 0 Å². The Labute approximate surface area is 119 Å². The van der Waals surface area contributed by atoms with E-state index in [-0.39, 0.29) is 11.4 Å². The highest BCUT2D eigenvalue weighted by Gasteiger charge is 2.21. The number of halogens is 1. The number of rotatable bonds is 6. The maximum Gasteiger partial charge on any atom is 0.306 e. The van der Waals surface area contributed by atoms with Gasteiger partial charge in [-0.2, -0.15) is 4.39 Å². The number of aromatic amines is 1. The summed E-state index contributed by atoms with van der Waals surface area (Å²) in [6.45, 7) is 0.0566. The molecule has 2 rings (SSSR count). The number of nitrogens with zero attached hydrogens (tertiary/aromatic N) is 2. The zero-order valence-corrected chi connectivity index (χ0v) is 11.4. The van der Waals surface area contributed by atoms with Crippen molar-refractivity contribution in [3.63, 3.8) is 0 Å². The molecular weight excluding hydrogens is 303 g/mol. The third-order valence-electron chi connectivity index (χ3n) is 2.63. The number of nitrogens with one attached hydrogen (secondary N) is 2. The van der Waals surface area contributed by atoms with E-state index >= 15 is 0 Å². The van der Waals surface area contributed by atoms with Gasteiger partial charge in [-0.25, -0.2) is 18.1 Å². The molecule has 112 valence electrons.